The van der Waals surface area contributed by atoms with E-state index in [9.17, 15) is 4.79 Å². The van der Waals surface area contributed by atoms with E-state index in [1.807, 2.05) is 11.9 Å². The molecular weight excluding hydrogens is 186 g/mol. The number of amides is 1. The van der Waals surface area contributed by atoms with Crippen molar-refractivity contribution in [2.24, 2.45) is 10.6 Å². The zero-order chi connectivity index (χ0) is 9.47. The molecule has 2 fully saturated rings. The monoisotopic (exact) mass is 201 g/mol. The van der Waals surface area contributed by atoms with Gasteiger partial charge in [0, 0.05) is 38.8 Å². The second-order valence-corrected chi connectivity index (χ2v) is 4.70. The number of nitrogens with two attached hydrogens (primary N) is 1. The van der Waals surface area contributed by atoms with Gasteiger partial charge in [0.05, 0.1) is 5.41 Å². The topological polar surface area (TPSA) is 49.6 Å². The zero-order valence-corrected chi connectivity index (χ0v) is 8.64. The Balaban J connectivity index is 2.11. The van der Waals surface area contributed by atoms with Gasteiger partial charge >= 0.3 is 0 Å². The van der Waals surface area contributed by atoms with Gasteiger partial charge in [-0.2, -0.15) is 0 Å². The fourth-order valence-electron chi connectivity index (χ4n) is 2.30. The second kappa shape index (κ2) is 3.15. The molecule has 2 rings (SSSR count). The average Bonchev–Trinajstić information content (AvgIpc) is 2.67. The molecule has 5 heteroatoms. The van der Waals surface area contributed by atoms with Crippen LogP contribution in [0, 0.1) is 5.41 Å². The van der Waals surface area contributed by atoms with Gasteiger partial charge in [0.25, 0.3) is 0 Å². The van der Waals surface area contributed by atoms with Crippen molar-refractivity contribution in [3.63, 3.8) is 0 Å². The molecule has 1 atom stereocenters. The zero-order valence-electron chi connectivity index (χ0n) is 7.82. The van der Waals surface area contributed by atoms with Crippen LogP contribution in [0.4, 0.5) is 0 Å². The molecule has 2 heterocycles. The number of hydrogen-bond acceptors (Lipinski definition) is 4. The Labute approximate surface area is 82.7 Å². The maximum atomic E-state index is 11.8. The summed E-state index contributed by atoms with van der Waals surface area (Å²) in [6, 6.07) is 0. The van der Waals surface area contributed by atoms with Gasteiger partial charge in [-0.05, 0) is 12.8 Å². The van der Waals surface area contributed by atoms with Crippen LogP contribution in [0.25, 0.3) is 0 Å². The molecular formula is C8H15N3OS. The SMILES string of the molecule is CN1CCC2(CCN(SN)C2)C1=O. The van der Waals surface area contributed by atoms with Crippen LogP contribution in [0.1, 0.15) is 12.8 Å². The molecule has 2 saturated heterocycles. The first-order valence-electron chi connectivity index (χ1n) is 4.55. The van der Waals surface area contributed by atoms with E-state index < -0.39 is 0 Å². The van der Waals surface area contributed by atoms with Crippen molar-refractivity contribution in [1.82, 2.24) is 9.21 Å². The Morgan fingerprint density at radius 2 is 2.15 bits per heavy atom. The third kappa shape index (κ3) is 1.35. The number of hydrogen-bond donors (Lipinski definition) is 1. The summed E-state index contributed by atoms with van der Waals surface area (Å²) in [5.74, 6) is 0.309. The van der Waals surface area contributed by atoms with Gasteiger partial charge in [0.2, 0.25) is 5.91 Å². The van der Waals surface area contributed by atoms with Crippen molar-refractivity contribution in [1.29, 1.82) is 0 Å². The molecule has 0 saturated carbocycles. The molecule has 4 nitrogen and oxygen atoms in total. The molecule has 2 aliphatic heterocycles. The van der Waals surface area contributed by atoms with Gasteiger partial charge < -0.3 is 4.90 Å². The average molecular weight is 201 g/mol. The molecule has 0 radical (unpaired) electrons. The highest BCUT2D eigenvalue weighted by Crippen LogP contribution is 2.41. The van der Waals surface area contributed by atoms with Gasteiger partial charge in [0.15, 0.2) is 0 Å². The van der Waals surface area contributed by atoms with E-state index in [-0.39, 0.29) is 5.41 Å². The maximum absolute atomic E-state index is 11.8. The van der Waals surface area contributed by atoms with Gasteiger partial charge in [-0.1, -0.05) is 0 Å². The predicted octanol–water partition coefficient (Wildman–Crippen LogP) is 0.0625. The molecule has 0 aromatic heterocycles. The Kier molecular flexibility index (Phi) is 2.25. The fourth-order valence-corrected chi connectivity index (χ4v) is 2.82. The summed E-state index contributed by atoms with van der Waals surface area (Å²) in [4.78, 5) is 13.7. The van der Waals surface area contributed by atoms with Crippen LogP contribution in [-0.2, 0) is 4.79 Å². The summed E-state index contributed by atoms with van der Waals surface area (Å²) >= 11 is 1.26. The van der Waals surface area contributed by atoms with Crippen LogP contribution in [0.3, 0.4) is 0 Å². The quantitative estimate of drug-likeness (QED) is 0.610. The first-order valence-corrected chi connectivity index (χ1v) is 5.39. The summed E-state index contributed by atoms with van der Waals surface area (Å²) in [5, 5.41) is 5.48. The van der Waals surface area contributed by atoms with Crippen molar-refractivity contribution in [3.8, 4) is 0 Å². The van der Waals surface area contributed by atoms with Crippen molar-refractivity contribution in [2.45, 2.75) is 12.8 Å². The van der Waals surface area contributed by atoms with Crippen LogP contribution in [0.2, 0.25) is 0 Å². The third-order valence-electron chi connectivity index (χ3n) is 3.19. The molecule has 1 spiro atoms. The number of nitrogens with zero attached hydrogens (tertiary/aromatic N) is 2. The molecule has 0 aliphatic carbocycles. The Hall–Kier alpha value is -0.260. The van der Waals surface area contributed by atoms with Gasteiger partial charge in [-0.3, -0.25) is 9.93 Å². The summed E-state index contributed by atoms with van der Waals surface area (Å²) in [5.41, 5.74) is -0.0961. The molecule has 1 amide bonds. The lowest BCUT2D eigenvalue weighted by molar-refractivity contribution is -0.134. The van der Waals surface area contributed by atoms with E-state index in [0.717, 1.165) is 32.5 Å². The highest BCUT2D eigenvalue weighted by Gasteiger charge is 2.49. The molecule has 2 N–H and O–H groups in total. The van der Waals surface area contributed by atoms with E-state index in [0.29, 0.717) is 5.91 Å². The highest BCUT2D eigenvalue weighted by atomic mass is 32.2. The summed E-state index contributed by atoms with van der Waals surface area (Å²) in [6.45, 7) is 2.68. The molecule has 13 heavy (non-hydrogen) atoms. The molecule has 2 aliphatic rings. The largest absolute Gasteiger partial charge is 0.345 e. The van der Waals surface area contributed by atoms with Gasteiger partial charge in [0.1, 0.15) is 0 Å². The van der Waals surface area contributed by atoms with Crippen LogP contribution >= 0.6 is 12.1 Å². The lowest BCUT2D eigenvalue weighted by atomic mass is 9.86. The first kappa shape index (κ1) is 9.30. The predicted molar refractivity (Wildman–Crippen MR) is 52.7 cm³/mol. The molecule has 74 valence electrons. The van der Waals surface area contributed by atoms with E-state index in [2.05, 4.69) is 4.31 Å². The standard InChI is InChI=1S/C8H15N3OS/c1-10-4-2-8(7(10)12)3-5-11(6-8)13-9/h2-6,9H2,1H3. The Morgan fingerprint density at radius 3 is 2.62 bits per heavy atom. The highest BCUT2D eigenvalue weighted by molar-refractivity contribution is 7.94. The van der Waals surface area contributed by atoms with E-state index in [1.165, 1.54) is 12.1 Å². The molecule has 1 unspecified atom stereocenters. The summed E-state index contributed by atoms with van der Waals surface area (Å²) in [6.07, 6.45) is 1.97. The summed E-state index contributed by atoms with van der Waals surface area (Å²) in [7, 11) is 1.88. The van der Waals surface area contributed by atoms with Crippen molar-refractivity contribution in [2.75, 3.05) is 26.7 Å². The molecule has 0 aromatic rings. The first-order chi connectivity index (χ1) is 6.18. The Morgan fingerprint density at radius 1 is 1.46 bits per heavy atom. The molecule has 0 aromatic carbocycles. The fraction of sp³-hybridized carbons (Fsp3) is 0.875. The van der Waals surface area contributed by atoms with Crippen LogP contribution in [0.5, 0.6) is 0 Å². The van der Waals surface area contributed by atoms with Gasteiger partial charge in [-0.15, -0.1) is 0 Å². The molecule has 0 bridgehead atoms. The Bertz CT molecular complexity index is 235. The van der Waals surface area contributed by atoms with E-state index in [4.69, 9.17) is 5.14 Å². The number of likely N-dealkylation sites (tertiary alicyclic amines) is 1. The van der Waals surface area contributed by atoms with Crippen molar-refractivity contribution < 1.29 is 4.79 Å². The number of rotatable bonds is 1. The minimum Gasteiger partial charge on any atom is -0.345 e. The number of carbonyl (C=O) groups is 1. The maximum Gasteiger partial charge on any atom is 0.229 e. The van der Waals surface area contributed by atoms with Crippen LogP contribution in [-0.4, -0.2) is 41.8 Å². The smallest absolute Gasteiger partial charge is 0.229 e. The van der Waals surface area contributed by atoms with Crippen LogP contribution in [0.15, 0.2) is 0 Å². The van der Waals surface area contributed by atoms with Crippen molar-refractivity contribution in [3.05, 3.63) is 0 Å². The van der Waals surface area contributed by atoms with Crippen molar-refractivity contribution >= 4 is 18.0 Å². The minimum absolute atomic E-state index is 0.0961. The number of carbonyl (C=O) groups excluding carboxylic acids is 1. The van der Waals surface area contributed by atoms with E-state index >= 15 is 0 Å². The van der Waals surface area contributed by atoms with Gasteiger partial charge in [-0.25, -0.2) is 4.31 Å². The third-order valence-corrected chi connectivity index (χ3v) is 3.80. The summed E-state index contributed by atoms with van der Waals surface area (Å²) < 4.78 is 2.08. The van der Waals surface area contributed by atoms with Crippen LogP contribution < -0.4 is 5.14 Å². The minimum atomic E-state index is -0.0961. The lowest BCUT2D eigenvalue weighted by Gasteiger charge is -2.20. The van der Waals surface area contributed by atoms with E-state index in [1.54, 1.807) is 0 Å². The normalized spacial score (nSPS) is 35.2. The lowest BCUT2D eigenvalue weighted by Crippen LogP contribution is -2.34. The second-order valence-electron chi connectivity index (χ2n) is 3.98.